The molecule has 0 aliphatic rings. The van der Waals surface area contributed by atoms with Crippen LogP contribution in [0.3, 0.4) is 0 Å². The fraction of sp³-hybridized carbons (Fsp3) is 0.250. The van der Waals surface area contributed by atoms with Gasteiger partial charge in [0.05, 0.1) is 5.69 Å². The van der Waals surface area contributed by atoms with Gasteiger partial charge in [0.15, 0.2) is 0 Å². The van der Waals surface area contributed by atoms with Crippen molar-refractivity contribution in [1.82, 2.24) is 14.5 Å². The van der Waals surface area contributed by atoms with Crippen molar-refractivity contribution in [1.29, 1.82) is 0 Å². The predicted molar refractivity (Wildman–Crippen MR) is 90.0 cm³/mol. The summed E-state index contributed by atoms with van der Waals surface area (Å²) in [4.78, 5) is 8.32. The summed E-state index contributed by atoms with van der Waals surface area (Å²) in [7, 11) is 0. The van der Waals surface area contributed by atoms with Gasteiger partial charge in [0.1, 0.15) is 0 Å². The Morgan fingerprint density at radius 1 is 1.29 bits per heavy atom. The zero-order valence-corrected chi connectivity index (χ0v) is 13.5. The zero-order valence-electron chi connectivity index (χ0n) is 11.9. The topological polar surface area (TPSA) is 56.7 Å². The Bertz CT molecular complexity index is 779. The fourth-order valence-electron chi connectivity index (χ4n) is 2.51. The second kappa shape index (κ2) is 5.85. The molecule has 0 bridgehead atoms. The Balaban J connectivity index is 2.18. The number of unbranched alkanes of at least 4 members (excludes halogenated alkanes) is 1. The summed E-state index contributed by atoms with van der Waals surface area (Å²) in [6, 6.07) is 8.23. The Kier molecular flexibility index (Phi) is 3.92. The maximum Gasteiger partial charge on any atom is 0.220 e. The molecule has 0 aliphatic carbocycles. The summed E-state index contributed by atoms with van der Waals surface area (Å²) < 4.78 is 3.37. The summed E-state index contributed by atoms with van der Waals surface area (Å²) in [5, 5.41) is 1.19. The summed E-state index contributed by atoms with van der Waals surface area (Å²) in [5.74, 6) is 0.305. The molecule has 0 aliphatic heterocycles. The van der Waals surface area contributed by atoms with Gasteiger partial charge in [-0.05, 0) is 24.6 Å². The summed E-state index contributed by atoms with van der Waals surface area (Å²) in [6.07, 6.45) is 6.19. The number of nitrogens with two attached hydrogens (primary N) is 1. The van der Waals surface area contributed by atoms with Gasteiger partial charge in [-0.1, -0.05) is 35.3 Å². The van der Waals surface area contributed by atoms with Crippen LogP contribution in [0.4, 0.5) is 5.95 Å². The number of rotatable bonds is 4. The third-order valence-electron chi connectivity index (χ3n) is 3.55. The minimum atomic E-state index is 0.305. The Morgan fingerprint density at radius 2 is 2.14 bits per heavy atom. The third-order valence-corrected chi connectivity index (χ3v) is 4.04. The number of hydrogen-bond donors (Lipinski definition) is 1. The average molecular weight is 345 g/mol. The van der Waals surface area contributed by atoms with Gasteiger partial charge in [-0.2, -0.15) is 0 Å². The molecule has 21 heavy (non-hydrogen) atoms. The predicted octanol–water partition coefficient (Wildman–Crippen LogP) is 4.24. The average Bonchev–Trinajstić information content (AvgIpc) is 2.83. The minimum absolute atomic E-state index is 0.305. The van der Waals surface area contributed by atoms with E-state index in [9.17, 15) is 0 Å². The van der Waals surface area contributed by atoms with Crippen LogP contribution < -0.4 is 5.73 Å². The molecule has 3 rings (SSSR count). The van der Waals surface area contributed by atoms with Crippen LogP contribution >= 0.6 is 15.9 Å². The lowest BCUT2D eigenvalue weighted by molar-refractivity contribution is 0.650. The Labute approximate surface area is 132 Å². The number of nitrogen functional groups attached to an aromatic ring is 1. The number of hydrogen-bond acceptors (Lipinski definition) is 3. The van der Waals surface area contributed by atoms with Crippen LogP contribution in [0.2, 0.25) is 0 Å². The lowest BCUT2D eigenvalue weighted by atomic mass is 10.1. The highest BCUT2D eigenvalue weighted by Crippen LogP contribution is 2.31. The van der Waals surface area contributed by atoms with Gasteiger partial charge in [0.25, 0.3) is 0 Å². The number of anilines is 1. The molecule has 2 heterocycles. The lowest BCUT2D eigenvalue weighted by Gasteiger charge is -2.03. The highest BCUT2D eigenvalue weighted by molar-refractivity contribution is 9.10. The van der Waals surface area contributed by atoms with Crippen molar-refractivity contribution in [3.8, 4) is 11.3 Å². The maximum absolute atomic E-state index is 5.71. The van der Waals surface area contributed by atoms with Gasteiger partial charge >= 0.3 is 0 Å². The van der Waals surface area contributed by atoms with E-state index in [1.807, 2.05) is 6.07 Å². The smallest absolute Gasteiger partial charge is 0.220 e. The molecule has 108 valence electrons. The standard InChI is InChI=1S/C16H17BrN4/c1-2-3-8-21-10-13(14-6-7-19-16(18)20-14)12-5-4-11(17)9-15(12)21/h4-7,9-10H,2-3,8H2,1H3,(H2,18,19,20). The number of benzene rings is 1. The quantitative estimate of drug-likeness (QED) is 0.769. The first kappa shape index (κ1) is 14.1. The van der Waals surface area contributed by atoms with Crippen molar-refractivity contribution >= 4 is 32.8 Å². The van der Waals surface area contributed by atoms with Crippen molar-refractivity contribution in [2.45, 2.75) is 26.3 Å². The van der Waals surface area contributed by atoms with Gasteiger partial charge in [-0.15, -0.1) is 0 Å². The lowest BCUT2D eigenvalue weighted by Crippen LogP contribution is -1.96. The van der Waals surface area contributed by atoms with Crippen molar-refractivity contribution < 1.29 is 0 Å². The van der Waals surface area contributed by atoms with Gasteiger partial charge < -0.3 is 10.3 Å². The Hall–Kier alpha value is -1.88. The van der Waals surface area contributed by atoms with Gasteiger partial charge in [-0.25, -0.2) is 9.97 Å². The molecule has 0 unspecified atom stereocenters. The first-order chi connectivity index (χ1) is 10.2. The fourth-order valence-corrected chi connectivity index (χ4v) is 2.86. The molecule has 0 atom stereocenters. The molecule has 4 nitrogen and oxygen atoms in total. The summed E-state index contributed by atoms with van der Waals surface area (Å²) in [5.41, 5.74) is 8.89. The van der Waals surface area contributed by atoms with E-state index in [-0.39, 0.29) is 0 Å². The molecular weight excluding hydrogens is 328 g/mol. The van der Waals surface area contributed by atoms with E-state index < -0.39 is 0 Å². The van der Waals surface area contributed by atoms with Crippen LogP contribution in [-0.4, -0.2) is 14.5 Å². The first-order valence-corrected chi connectivity index (χ1v) is 7.85. The van der Waals surface area contributed by atoms with Crippen molar-refractivity contribution in [3.63, 3.8) is 0 Å². The third kappa shape index (κ3) is 2.78. The van der Waals surface area contributed by atoms with Gasteiger partial charge in [0, 0.05) is 39.9 Å². The molecule has 0 saturated heterocycles. The molecule has 5 heteroatoms. The van der Waals surface area contributed by atoms with Crippen molar-refractivity contribution in [2.75, 3.05) is 5.73 Å². The van der Waals surface area contributed by atoms with Crippen LogP contribution in [0.1, 0.15) is 19.8 Å². The number of aryl methyl sites for hydroxylation is 1. The molecule has 2 N–H and O–H groups in total. The molecule has 0 fully saturated rings. The highest BCUT2D eigenvalue weighted by Gasteiger charge is 2.12. The number of halogens is 1. The van der Waals surface area contributed by atoms with Crippen LogP contribution in [0.5, 0.6) is 0 Å². The molecule has 0 radical (unpaired) electrons. The minimum Gasteiger partial charge on any atom is -0.368 e. The van der Waals surface area contributed by atoms with Crippen molar-refractivity contribution in [2.24, 2.45) is 0 Å². The van der Waals surface area contributed by atoms with Gasteiger partial charge in [-0.3, -0.25) is 0 Å². The normalized spacial score (nSPS) is 11.1. The monoisotopic (exact) mass is 344 g/mol. The van der Waals surface area contributed by atoms with E-state index in [4.69, 9.17) is 5.73 Å². The number of fused-ring (bicyclic) bond motifs is 1. The van der Waals surface area contributed by atoms with E-state index in [1.165, 1.54) is 17.3 Å². The largest absolute Gasteiger partial charge is 0.368 e. The highest BCUT2D eigenvalue weighted by atomic mass is 79.9. The molecule has 3 aromatic rings. The van der Waals surface area contributed by atoms with Crippen LogP contribution in [0.15, 0.2) is 41.1 Å². The van der Waals surface area contributed by atoms with Crippen LogP contribution in [0, 0.1) is 0 Å². The number of aromatic nitrogens is 3. The molecular formula is C16H17BrN4. The second-order valence-corrected chi connectivity index (χ2v) is 5.97. The summed E-state index contributed by atoms with van der Waals surface area (Å²) >= 11 is 3.55. The van der Waals surface area contributed by atoms with Crippen LogP contribution in [-0.2, 0) is 6.54 Å². The summed E-state index contributed by atoms with van der Waals surface area (Å²) in [6.45, 7) is 3.21. The van der Waals surface area contributed by atoms with E-state index in [1.54, 1.807) is 6.20 Å². The van der Waals surface area contributed by atoms with E-state index in [2.05, 4.69) is 61.8 Å². The van der Waals surface area contributed by atoms with E-state index >= 15 is 0 Å². The second-order valence-electron chi connectivity index (χ2n) is 5.05. The molecule has 0 spiro atoms. The molecule has 0 amide bonds. The van der Waals surface area contributed by atoms with E-state index in [0.717, 1.165) is 28.7 Å². The maximum atomic E-state index is 5.71. The molecule has 1 aromatic carbocycles. The van der Waals surface area contributed by atoms with Crippen molar-refractivity contribution in [3.05, 3.63) is 41.1 Å². The first-order valence-electron chi connectivity index (χ1n) is 7.06. The van der Waals surface area contributed by atoms with Gasteiger partial charge in [0.2, 0.25) is 5.95 Å². The molecule has 0 saturated carbocycles. The van der Waals surface area contributed by atoms with Crippen LogP contribution in [0.25, 0.3) is 22.2 Å². The SMILES string of the molecule is CCCCn1cc(-c2ccnc(N)n2)c2ccc(Br)cc21. The molecule has 2 aromatic heterocycles. The Morgan fingerprint density at radius 3 is 2.90 bits per heavy atom. The number of nitrogens with zero attached hydrogens (tertiary/aromatic N) is 3. The van der Waals surface area contributed by atoms with E-state index in [0.29, 0.717) is 5.95 Å². The zero-order chi connectivity index (χ0) is 14.8.